The molecule has 1 amide bonds. The van der Waals surface area contributed by atoms with E-state index in [4.69, 9.17) is 5.73 Å². The van der Waals surface area contributed by atoms with Crippen molar-refractivity contribution < 1.29 is 4.79 Å². The zero-order valence-corrected chi connectivity index (χ0v) is 12.6. The third-order valence-corrected chi connectivity index (χ3v) is 3.34. The van der Waals surface area contributed by atoms with Gasteiger partial charge in [0.2, 0.25) is 5.91 Å². The number of carbonyl (C=O) groups is 1. The van der Waals surface area contributed by atoms with Gasteiger partial charge in [0.15, 0.2) is 0 Å². The summed E-state index contributed by atoms with van der Waals surface area (Å²) in [5.41, 5.74) is 6.89. The summed E-state index contributed by atoms with van der Waals surface area (Å²) in [5, 5.41) is 3.08. The SMILES string of the molecule is CC(C)C(NC(=O)[C@H](N)C(C)(C)C)c1ccccc1. The van der Waals surface area contributed by atoms with Crippen LogP contribution in [0.2, 0.25) is 0 Å². The van der Waals surface area contributed by atoms with Crippen molar-refractivity contribution in [2.75, 3.05) is 0 Å². The highest BCUT2D eigenvalue weighted by atomic mass is 16.2. The first-order valence-corrected chi connectivity index (χ1v) is 6.84. The highest BCUT2D eigenvalue weighted by Gasteiger charge is 2.29. The smallest absolute Gasteiger partial charge is 0.237 e. The van der Waals surface area contributed by atoms with Gasteiger partial charge in [-0.05, 0) is 16.9 Å². The van der Waals surface area contributed by atoms with Crippen LogP contribution in [0.1, 0.15) is 46.2 Å². The van der Waals surface area contributed by atoms with Gasteiger partial charge in [0.1, 0.15) is 0 Å². The molecule has 0 saturated carbocycles. The molecule has 0 aliphatic rings. The predicted octanol–water partition coefficient (Wildman–Crippen LogP) is 2.87. The van der Waals surface area contributed by atoms with Gasteiger partial charge in [-0.2, -0.15) is 0 Å². The molecule has 0 radical (unpaired) electrons. The van der Waals surface area contributed by atoms with Crippen molar-refractivity contribution in [3.05, 3.63) is 35.9 Å². The molecule has 0 fully saturated rings. The average molecular weight is 262 g/mol. The summed E-state index contributed by atoms with van der Waals surface area (Å²) in [4.78, 5) is 12.2. The molecule has 0 aromatic heterocycles. The molecule has 1 aromatic carbocycles. The molecule has 3 heteroatoms. The quantitative estimate of drug-likeness (QED) is 0.876. The summed E-state index contributed by atoms with van der Waals surface area (Å²) >= 11 is 0. The second-order valence-electron chi connectivity index (χ2n) is 6.48. The van der Waals surface area contributed by atoms with Crippen molar-refractivity contribution in [1.29, 1.82) is 0 Å². The van der Waals surface area contributed by atoms with Gasteiger partial charge in [-0.25, -0.2) is 0 Å². The Hall–Kier alpha value is -1.35. The van der Waals surface area contributed by atoms with Crippen LogP contribution < -0.4 is 11.1 Å². The van der Waals surface area contributed by atoms with Crippen molar-refractivity contribution in [2.24, 2.45) is 17.1 Å². The van der Waals surface area contributed by atoms with Crippen LogP contribution >= 0.6 is 0 Å². The topological polar surface area (TPSA) is 55.1 Å². The highest BCUT2D eigenvalue weighted by Crippen LogP contribution is 2.23. The second kappa shape index (κ2) is 6.20. The largest absolute Gasteiger partial charge is 0.348 e. The molecular weight excluding hydrogens is 236 g/mol. The van der Waals surface area contributed by atoms with E-state index in [1.54, 1.807) is 0 Å². The second-order valence-corrected chi connectivity index (χ2v) is 6.48. The zero-order chi connectivity index (χ0) is 14.6. The monoisotopic (exact) mass is 262 g/mol. The lowest BCUT2D eigenvalue weighted by atomic mass is 9.86. The lowest BCUT2D eigenvalue weighted by Gasteiger charge is -2.30. The molecule has 2 atom stereocenters. The lowest BCUT2D eigenvalue weighted by molar-refractivity contribution is -0.125. The summed E-state index contributed by atoms with van der Waals surface area (Å²) in [6.07, 6.45) is 0. The first-order chi connectivity index (χ1) is 8.73. The fraction of sp³-hybridized carbons (Fsp3) is 0.562. The Balaban J connectivity index is 2.84. The van der Waals surface area contributed by atoms with Crippen molar-refractivity contribution in [3.63, 3.8) is 0 Å². The van der Waals surface area contributed by atoms with Gasteiger partial charge in [-0.15, -0.1) is 0 Å². The molecule has 0 saturated heterocycles. The fourth-order valence-corrected chi connectivity index (χ4v) is 1.93. The first kappa shape index (κ1) is 15.7. The summed E-state index contributed by atoms with van der Waals surface area (Å²) in [6.45, 7) is 10.1. The third kappa shape index (κ3) is 4.35. The van der Waals surface area contributed by atoms with Gasteiger partial charge in [0.25, 0.3) is 0 Å². The van der Waals surface area contributed by atoms with Crippen LogP contribution in [0.3, 0.4) is 0 Å². The number of amides is 1. The van der Waals surface area contributed by atoms with E-state index in [2.05, 4.69) is 19.2 Å². The van der Waals surface area contributed by atoms with E-state index in [1.807, 2.05) is 51.1 Å². The molecule has 0 heterocycles. The van der Waals surface area contributed by atoms with Crippen LogP contribution in [-0.4, -0.2) is 11.9 Å². The van der Waals surface area contributed by atoms with Crippen molar-refractivity contribution >= 4 is 5.91 Å². The van der Waals surface area contributed by atoms with Crippen LogP contribution in [0, 0.1) is 11.3 Å². The summed E-state index contributed by atoms with van der Waals surface area (Å²) < 4.78 is 0. The average Bonchev–Trinajstić information content (AvgIpc) is 2.34. The molecule has 3 nitrogen and oxygen atoms in total. The van der Waals surface area contributed by atoms with Crippen LogP contribution in [0.25, 0.3) is 0 Å². The Bertz CT molecular complexity index is 407. The van der Waals surface area contributed by atoms with Gasteiger partial charge in [0, 0.05) is 0 Å². The number of hydrogen-bond acceptors (Lipinski definition) is 2. The number of nitrogens with one attached hydrogen (secondary N) is 1. The van der Waals surface area contributed by atoms with E-state index in [1.165, 1.54) is 0 Å². The van der Waals surface area contributed by atoms with Crippen LogP contribution in [0.15, 0.2) is 30.3 Å². The van der Waals surface area contributed by atoms with Crippen molar-refractivity contribution in [3.8, 4) is 0 Å². The number of rotatable bonds is 4. The van der Waals surface area contributed by atoms with Gasteiger partial charge in [0.05, 0.1) is 12.1 Å². The van der Waals surface area contributed by atoms with Crippen LogP contribution in [0.5, 0.6) is 0 Å². The maximum Gasteiger partial charge on any atom is 0.237 e. The minimum Gasteiger partial charge on any atom is -0.348 e. The standard InChI is InChI=1S/C16H26N2O/c1-11(2)13(12-9-7-6-8-10-12)18-15(19)14(17)16(3,4)5/h6-11,13-14H,17H2,1-5H3,(H,18,19)/t13?,14-/m0/s1. The van der Waals surface area contributed by atoms with Gasteiger partial charge < -0.3 is 11.1 Å². The summed E-state index contributed by atoms with van der Waals surface area (Å²) in [5.74, 6) is 0.230. The molecule has 0 spiro atoms. The first-order valence-electron chi connectivity index (χ1n) is 6.84. The Morgan fingerprint density at radius 2 is 1.68 bits per heavy atom. The van der Waals surface area contributed by atoms with Crippen molar-refractivity contribution in [2.45, 2.75) is 46.7 Å². The molecule has 3 N–H and O–H groups in total. The minimum absolute atomic E-state index is 0.00194. The maximum atomic E-state index is 12.2. The lowest BCUT2D eigenvalue weighted by Crippen LogP contribution is -2.50. The van der Waals surface area contributed by atoms with E-state index in [0.717, 1.165) is 5.56 Å². The highest BCUT2D eigenvalue weighted by molar-refractivity contribution is 5.82. The van der Waals surface area contributed by atoms with Gasteiger partial charge in [-0.1, -0.05) is 65.0 Å². The Kier molecular flexibility index (Phi) is 5.12. The van der Waals surface area contributed by atoms with Gasteiger partial charge in [-0.3, -0.25) is 4.79 Å². The molecule has 19 heavy (non-hydrogen) atoms. The molecule has 106 valence electrons. The summed E-state index contributed by atoms with van der Waals surface area (Å²) in [6, 6.07) is 9.52. The van der Waals surface area contributed by atoms with E-state index >= 15 is 0 Å². The predicted molar refractivity (Wildman–Crippen MR) is 79.6 cm³/mol. The summed E-state index contributed by atoms with van der Waals surface area (Å²) in [7, 11) is 0. The Morgan fingerprint density at radius 1 is 1.16 bits per heavy atom. The van der Waals surface area contributed by atoms with Crippen molar-refractivity contribution in [1.82, 2.24) is 5.32 Å². The molecule has 0 aliphatic carbocycles. The van der Waals surface area contributed by atoms with E-state index in [0.29, 0.717) is 5.92 Å². The Labute approximate surface area is 116 Å². The zero-order valence-electron chi connectivity index (χ0n) is 12.6. The minimum atomic E-state index is -0.502. The number of benzene rings is 1. The van der Waals surface area contributed by atoms with E-state index < -0.39 is 6.04 Å². The van der Waals surface area contributed by atoms with Crippen LogP contribution in [-0.2, 0) is 4.79 Å². The van der Waals surface area contributed by atoms with E-state index in [-0.39, 0.29) is 17.4 Å². The van der Waals surface area contributed by atoms with Crippen LogP contribution in [0.4, 0.5) is 0 Å². The molecule has 1 rings (SSSR count). The molecule has 0 bridgehead atoms. The third-order valence-electron chi connectivity index (χ3n) is 3.34. The normalized spacial score (nSPS) is 15.1. The molecule has 1 aromatic rings. The van der Waals surface area contributed by atoms with Gasteiger partial charge >= 0.3 is 0 Å². The Morgan fingerprint density at radius 3 is 2.11 bits per heavy atom. The number of hydrogen-bond donors (Lipinski definition) is 2. The van der Waals surface area contributed by atoms with E-state index in [9.17, 15) is 4.79 Å². The maximum absolute atomic E-state index is 12.2. The fourth-order valence-electron chi connectivity index (χ4n) is 1.93. The molecular formula is C16H26N2O. The molecule has 1 unspecified atom stereocenters. The number of nitrogens with two attached hydrogens (primary N) is 1. The number of carbonyl (C=O) groups excluding carboxylic acids is 1. The molecule has 0 aliphatic heterocycles.